The van der Waals surface area contributed by atoms with Gasteiger partial charge in [0.15, 0.2) is 5.13 Å². The molecule has 0 unspecified atom stereocenters. The van der Waals surface area contributed by atoms with E-state index in [2.05, 4.69) is 15.2 Å². The van der Waals surface area contributed by atoms with Crippen LogP contribution in [-0.4, -0.2) is 46.9 Å². The Morgan fingerprint density at radius 3 is 2.97 bits per heavy atom. The predicted molar refractivity (Wildman–Crippen MR) is 112 cm³/mol. The summed E-state index contributed by atoms with van der Waals surface area (Å²) in [6.07, 6.45) is 5.11. The molecule has 2 amide bonds. The molecular formula is C22H25FN4O2S. The Balaban J connectivity index is 1.39. The molecule has 6 nitrogen and oxygen atoms in total. The highest BCUT2D eigenvalue weighted by Gasteiger charge is 2.52. The Morgan fingerprint density at radius 1 is 1.30 bits per heavy atom. The number of thiazole rings is 1. The highest BCUT2D eigenvalue weighted by atomic mass is 32.1. The van der Waals surface area contributed by atoms with E-state index < -0.39 is 6.04 Å². The lowest BCUT2D eigenvalue weighted by Crippen LogP contribution is -2.68. The third-order valence-corrected chi connectivity index (χ3v) is 7.49. The van der Waals surface area contributed by atoms with Crippen LogP contribution in [0.15, 0.2) is 35.8 Å². The Labute approximate surface area is 179 Å². The van der Waals surface area contributed by atoms with Crippen molar-refractivity contribution in [1.29, 1.82) is 0 Å². The van der Waals surface area contributed by atoms with Crippen molar-refractivity contribution >= 4 is 28.3 Å². The number of amides is 2. The summed E-state index contributed by atoms with van der Waals surface area (Å²) in [5.74, 6) is 0.0704. The van der Waals surface area contributed by atoms with Crippen LogP contribution in [-0.2, 0) is 16.1 Å². The monoisotopic (exact) mass is 428 g/mol. The maximum atomic E-state index is 13.5. The maximum Gasteiger partial charge on any atom is 0.243 e. The van der Waals surface area contributed by atoms with Gasteiger partial charge >= 0.3 is 0 Å². The molecule has 3 aliphatic rings. The molecule has 2 aromatic rings. The Hall–Kier alpha value is -2.48. The van der Waals surface area contributed by atoms with Crippen molar-refractivity contribution in [2.45, 2.75) is 44.3 Å². The van der Waals surface area contributed by atoms with Crippen molar-refractivity contribution in [2.24, 2.45) is 11.8 Å². The highest BCUT2D eigenvalue weighted by molar-refractivity contribution is 7.13. The number of anilines is 1. The number of carbonyl (C=O) groups excluding carboxylic acids is 2. The number of nitrogens with zero attached hydrogens (tertiary/aromatic N) is 3. The van der Waals surface area contributed by atoms with Gasteiger partial charge in [0.05, 0.1) is 0 Å². The topological polar surface area (TPSA) is 65.5 Å². The maximum absolute atomic E-state index is 13.5. The molecule has 3 aliphatic heterocycles. The summed E-state index contributed by atoms with van der Waals surface area (Å²) < 4.78 is 13.5. The van der Waals surface area contributed by atoms with Crippen molar-refractivity contribution in [1.82, 2.24) is 15.2 Å². The summed E-state index contributed by atoms with van der Waals surface area (Å²) in [5, 5.41) is 5.93. The van der Waals surface area contributed by atoms with E-state index in [1.165, 1.54) is 12.1 Å². The summed E-state index contributed by atoms with van der Waals surface area (Å²) in [5.41, 5.74) is 0.714. The SMILES string of the molecule is O=C(NCc1cccc(F)c1)[C@H]1[C@@H]2C[C@@H](CN(c3nccs3)C2)[C@@H]2CCCC(=O)N21. The minimum Gasteiger partial charge on any atom is -0.350 e. The van der Waals surface area contributed by atoms with Crippen molar-refractivity contribution in [3.05, 3.63) is 47.2 Å². The van der Waals surface area contributed by atoms with Crippen molar-refractivity contribution in [3.8, 4) is 0 Å². The molecule has 5 rings (SSSR count). The van der Waals surface area contributed by atoms with Crippen LogP contribution in [0.3, 0.4) is 0 Å². The van der Waals surface area contributed by atoms with E-state index in [1.54, 1.807) is 23.5 Å². The second-order valence-corrected chi connectivity index (χ2v) is 9.40. The van der Waals surface area contributed by atoms with Gasteiger partial charge < -0.3 is 15.1 Å². The minimum atomic E-state index is -0.477. The first-order chi connectivity index (χ1) is 14.6. The zero-order valence-corrected chi connectivity index (χ0v) is 17.5. The van der Waals surface area contributed by atoms with Crippen LogP contribution in [0, 0.1) is 17.7 Å². The predicted octanol–water partition coefficient (Wildman–Crippen LogP) is 2.80. The fourth-order valence-electron chi connectivity index (χ4n) is 5.46. The van der Waals surface area contributed by atoms with Gasteiger partial charge in [-0.3, -0.25) is 9.59 Å². The summed E-state index contributed by atoms with van der Waals surface area (Å²) in [6, 6.07) is 5.88. The zero-order chi connectivity index (χ0) is 20.7. The van der Waals surface area contributed by atoms with Gasteiger partial charge in [0.25, 0.3) is 0 Å². The molecule has 4 atom stereocenters. The highest BCUT2D eigenvalue weighted by Crippen LogP contribution is 2.42. The van der Waals surface area contributed by atoms with Gasteiger partial charge in [0, 0.05) is 49.6 Å². The first-order valence-electron chi connectivity index (χ1n) is 10.6. The van der Waals surface area contributed by atoms with E-state index in [4.69, 9.17) is 0 Å². The first kappa shape index (κ1) is 19.5. The van der Waals surface area contributed by atoms with Crippen molar-refractivity contribution in [3.63, 3.8) is 0 Å². The lowest BCUT2D eigenvalue weighted by Gasteiger charge is -2.55. The third kappa shape index (κ3) is 3.57. The molecule has 1 N–H and O–H groups in total. The molecule has 0 radical (unpaired) electrons. The van der Waals surface area contributed by atoms with E-state index in [0.29, 0.717) is 17.9 Å². The molecule has 30 heavy (non-hydrogen) atoms. The van der Waals surface area contributed by atoms with E-state index in [9.17, 15) is 14.0 Å². The molecule has 158 valence electrons. The number of fused-ring (bicyclic) bond motifs is 4. The van der Waals surface area contributed by atoms with Gasteiger partial charge in [-0.05, 0) is 42.9 Å². The number of benzene rings is 1. The number of halogens is 1. The molecule has 2 bridgehead atoms. The molecule has 1 aromatic heterocycles. The molecule has 3 saturated heterocycles. The number of nitrogens with one attached hydrogen (secondary N) is 1. The van der Waals surface area contributed by atoms with E-state index in [-0.39, 0.29) is 36.1 Å². The molecule has 4 heterocycles. The summed E-state index contributed by atoms with van der Waals surface area (Å²) in [4.78, 5) is 34.8. The Kier molecular flexibility index (Phi) is 5.18. The van der Waals surface area contributed by atoms with Crippen LogP contribution < -0.4 is 10.2 Å². The summed E-state index contributed by atoms with van der Waals surface area (Å²) in [7, 11) is 0. The summed E-state index contributed by atoms with van der Waals surface area (Å²) in [6.45, 7) is 1.86. The standard InChI is InChI=1S/C22H25FN4O2S/c23-17-4-1-3-14(9-17)11-25-21(29)20-16-10-15(18-5-2-6-19(28)27(18)20)12-26(13-16)22-24-7-8-30-22/h1,3-4,7-9,15-16,18,20H,2,5-6,10-13H2,(H,25,29)/t15-,16+,18-,20+/m0/s1. The molecular weight excluding hydrogens is 403 g/mol. The van der Waals surface area contributed by atoms with E-state index in [0.717, 1.165) is 37.5 Å². The van der Waals surface area contributed by atoms with Gasteiger partial charge in [-0.15, -0.1) is 11.3 Å². The molecule has 0 saturated carbocycles. The van der Waals surface area contributed by atoms with Crippen LogP contribution in [0.1, 0.15) is 31.2 Å². The van der Waals surface area contributed by atoms with Crippen LogP contribution in [0.5, 0.6) is 0 Å². The molecule has 1 aromatic carbocycles. The number of carbonyl (C=O) groups is 2. The molecule has 0 aliphatic carbocycles. The minimum absolute atomic E-state index is 0.0680. The van der Waals surface area contributed by atoms with Gasteiger partial charge in [-0.1, -0.05) is 12.1 Å². The van der Waals surface area contributed by atoms with Gasteiger partial charge in [-0.25, -0.2) is 9.37 Å². The molecule has 3 fully saturated rings. The fraction of sp³-hybridized carbons (Fsp3) is 0.500. The van der Waals surface area contributed by atoms with Crippen LogP contribution >= 0.6 is 11.3 Å². The number of rotatable bonds is 4. The average molecular weight is 429 g/mol. The van der Waals surface area contributed by atoms with Crippen molar-refractivity contribution < 1.29 is 14.0 Å². The number of hydrogen-bond acceptors (Lipinski definition) is 5. The van der Waals surface area contributed by atoms with Crippen LogP contribution in [0.25, 0.3) is 0 Å². The smallest absolute Gasteiger partial charge is 0.243 e. The average Bonchev–Trinajstić information content (AvgIpc) is 3.28. The third-order valence-electron chi connectivity index (χ3n) is 6.66. The lowest BCUT2D eigenvalue weighted by molar-refractivity contribution is -0.156. The Bertz CT molecular complexity index is 937. The lowest BCUT2D eigenvalue weighted by atomic mass is 9.72. The quantitative estimate of drug-likeness (QED) is 0.813. The fourth-order valence-corrected chi connectivity index (χ4v) is 6.13. The van der Waals surface area contributed by atoms with Gasteiger partial charge in [0.1, 0.15) is 11.9 Å². The summed E-state index contributed by atoms with van der Waals surface area (Å²) >= 11 is 1.61. The number of hydrogen-bond donors (Lipinski definition) is 1. The number of aromatic nitrogens is 1. The number of piperidine rings is 3. The molecule has 8 heteroatoms. The zero-order valence-electron chi connectivity index (χ0n) is 16.7. The second-order valence-electron chi connectivity index (χ2n) is 8.53. The van der Waals surface area contributed by atoms with Gasteiger partial charge in [-0.2, -0.15) is 0 Å². The van der Waals surface area contributed by atoms with E-state index in [1.807, 2.05) is 16.5 Å². The molecule has 0 spiro atoms. The van der Waals surface area contributed by atoms with Crippen LogP contribution in [0.2, 0.25) is 0 Å². The van der Waals surface area contributed by atoms with Crippen LogP contribution in [0.4, 0.5) is 9.52 Å². The van der Waals surface area contributed by atoms with E-state index >= 15 is 0 Å². The van der Waals surface area contributed by atoms with Gasteiger partial charge in [0.2, 0.25) is 11.8 Å². The first-order valence-corrected chi connectivity index (χ1v) is 11.5. The second kappa shape index (κ2) is 7.98. The van der Waals surface area contributed by atoms with Crippen molar-refractivity contribution in [2.75, 3.05) is 18.0 Å². The Morgan fingerprint density at radius 2 is 2.17 bits per heavy atom. The normalized spacial score (nSPS) is 28.2. The largest absolute Gasteiger partial charge is 0.350 e.